The van der Waals surface area contributed by atoms with Crippen molar-refractivity contribution < 1.29 is 76.7 Å². The first-order chi connectivity index (χ1) is 5.90. The summed E-state index contributed by atoms with van der Waals surface area (Å²) in [6, 6.07) is 5.81. The van der Waals surface area contributed by atoms with Crippen LogP contribution < -0.4 is 54.4 Å². The number of ether oxygens (including phenoxy) is 1. The third-order valence-corrected chi connectivity index (χ3v) is 1.70. The third-order valence-electron chi connectivity index (χ3n) is 1.70. The molecule has 3 nitrogen and oxygen atoms in total. The summed E-state index contributed by atoms with van der Waals surface area (Å²) in [6.07, 6.45) is 1.68. The Kier molecular flexibility index (Phi) is 19.7. The van der Waals surface area contributed by atoms with E-state index >= 15 is 0 Å². The molecule has 1 aromatic carbocycles. The van der Waals surface area contributed by atoms with Crippen LogP contribution in [0.4, 0.5) is 0 Å². The Morgan fingerprint density at radius 3 is 2.41 bits per heavy atom. The molecule has 0 unspecified atom stereocenters. The number of hydrogen-bond donors (Lipinski definition) is 1. The second-order valence-electron chi connectivity index (χ2n) is 2.51. The number of imidazole rings is 1. The van der Waals surface area contributed by atoms with Gasteiger partial charge in [0.15, 0.2) is 0 Å². The number of H-pyrrole nitrogens is 1. The standard InChI is InChI=1S/C9H10N2O.Au.4ClH/c1-2-12-7-3-4-8-9(5-7)11-6-10-8;;;;;/h3-6H,2H2,1H3,(H,10,11);;4*1H/q;+3;;;;/p-4. The summed E-state index contributed by atoms with van der Waals surface area (Å²) >= 11 is 0. The number of rotatable bonds is 2. The van der Waals surface area contributed by atoms with Crippen molar-refractivity contribution in [3.8, 4) is 5.75 Å². The molecular formula is C9H10AuCl4N2O-. The number of nitrogens with one attached hydrogen (secondary N) is 1. The van der Waals surface area contributed by atoms with Crippen molar-refractivity contribution in [3.05, 3.63) is 24.5 Å². The van der Waals surface area contributed by atoms with Gasteiger partial charge in [0.1, 0.15) is 5.75 Å². The SMILES string of the molecule is CCOc1ccc2nc[nH]c2c1.[Au+3].[Cl-].[Cl-].[Cl-].[Cl-]. The fourth-order valence-electron chi connectivity index (χ4n) is 1.17. The summed E-state index contributed by atoms with van der Waals surface area (Å²) in [7, 11) is 0. The van der Waals surface area contributed by atoms with Crippen molar-refractivity contribution in [1.82, 2.24) is 9.97 Å². The van der Waals surface area contributed by atoms with Crippen molar-refractivity contribution in [2.45, 2.75) is 6.92 Å². The first-order valence-electron chi connectivity index (χ1n) is 3.96. The van der Waals surface area contributed by atoms with Crippen molar-refractivity contribution in [1.29, 1.82) is 0 Å². The van der Waals surface area contributed by atoms with Gasteiger partial charge in [0.25, 0.3) is 0 Å². The first kappa shape index (κ1) is 26.1. The van der Waals surface area contributed by atoms with Crippen LogP contribution in [0.3, 0.4) is 0 Å². The zero-order chi connectivity index (χ0) is 8.39. The van der Waals surface area contributed by atoms with Crippen LogP contribution in [0, 0.1) is 0 Å². The molecule has 8 heteroatoms. The largest absolute Gasteiger partial charge is 3.00 e. The fourth-order valence-corrected chi connectivity index (χ4v) is 1.17. The van der Waals surface area contributed by atoms with Crippen LogP contribution in [0.2, 0.25) is 0 Å². The van der Waals surface area contributed by atoms with E-state index in [2.05, 4.69) is 9.97 Å². The molecule has 0 amide bonds. The van der Waals surface area contributed by atoms with Gasteiger partial charge in [-0.05, 0) is 19.1 Å². The summed E-state index contributed by atoms with van der Waals surface area (Å²) < 4.78 is 5.34. The maximum absolute atomic E-state index is 5.34. The topological polar surface area (TPSA) is 37.9 Å². The Balaban J connectivity index is -0.000000169. The summed E-state index contributed by atoms with van der Waals surface area (Å²) in [4.78, 5) is 7.14. The van der Waals surface area contributed by atoms with E-state index in [4.69, 9.17) is 4.74 Å². The summed E-state index contributed by atoms with van der Waals surface area (Å²) in [5.74, 6) is 0.884. The van der Waals surface area contributed by atoms with E-state index in [9.17, 15) is 0 Å². The quantitative estimate of drug-likeness (QED) is 0.416. The molecule has 102 valence electrons. The molecule has 0 aliphatic heterocycles. The van der Waals surface area contributed by atoms with E-state index in [1.54, 1.807) is 6.33 Å². The van der Waals surface area contributed by atoms with E-state index in [0.29, 0.717) is 6.61 Å². The molecule has 1 aromatic heterocycles. The molecule has 0 bridgehead atoms. The van der Waals surface area contributed by atoms with Gasteiger partial charge in [-0.3, -0.25) is 0 Å². The second-order valence-corrected chi connectivity index (χ2v) is 2.51. The van der Waals surface area contributed by atoms with Crippen molar-refractivity contribution in [2.24, 2.45) is 0 Å². The number of fused-ring (bicyclic) bond motifs is 1. The molecule has 1 N–H and O–H groups in total. The Bertz CT molecular complexity index is 399. The summed E-state index contributed by atoms with van der Waals surface area (Å²) in [5, 5.41) is 0. The van der Waals surface area contributed by atoms with Gasteiger partial charge >= 0.3 is 22.4 Å². The molecule has 0 aliphatic carbocycles. The van der Waals surface area contributed by atoms with Gasteiger partial charge < -0.3 is 59.3 Å². The first-order valence-corrected chi connectivity index (χ1v) is 3.96. The van der Waals surface area contributed by atoms with Crippen LogP contribution in [0.15, 0.2) is 24.5 Å². The number of nitrogens with zero attached hydrogens (tertiary/aromatic N) is 1. The number of halogens is 4. The Morgan fingerprint density at radius 1 is 1.18 bits per heavy atom. The van der Waals surface area contributed by atoms with E-state index in [1.807, 2.05) is 25.1 Å². The van der Waals surface area contributed by atoms with Crippen LogP contribution in [0.25, 0.3) is 11.0 Å². The number of aromatic nitrogens is 2. The zero-order valence-corrected chi connectivity index (χ0v) is 13.9. The second kappa shape index (κ2) is 12.8. The van der Waals surface area contributed by atoms with E-state index < -0.39 is 0 Å². The van der Waals surface area contributed by atoms with Crippen LogP contribution in [0.5, 0.6) is 5.75 Å². The van der Waals surface area contributed by atoms with E-state index in [-0.39, 0.29) is 72.0 Å². The molecule has 0 saturated carbocycles. The van der Waals surface area contributed by atoms with Crippen LogP contribution in [-0.2, 0) is 22.4 Å². The predicted octanol–water partition coefficient (Wildman–Crippen LogP) is -10.0. The minimum Gasteiger partial charge on any atom is -1.00 e. The molecule has 0 radical (unpaired) electrons. The maximum atomic E-state index is 5.34. The molecule has 2 rings (SSSR count). The van der Waals surface area contributed by atoms with Gasteiger partial charge in [0, 0.05) is 6.07 Å². The van der Waals surface area contributed by atoms with Crippen molar-refractivity contribution in [3.63, 3.8) is 0 Å². The minimum absolute atomic E-state index is 0. The third kappa shape index (κ3) is 6.77. The number of benzene rings is 1. The van der Waals surface area contributed by atoms with Gasteiger partial charge in [-0.25, -0.2) is 4.98 Å². The van der Waals surface area contributed by atoms with Gasteiger partial charge in [0.2, 0.25) is 0 Å². The Morgan fingerprint density at radius 2 is 1.82 bits per heavy atom. The van der Waals surface area contributed by atoms with Crippen molar-refractivity contribution in [2.75, 3.05) is 6.61 Å². The molecule has 0 aliphatic rings. The van der Waals surface area contributed by atoms with Gasteiger partial charge in [-0.1, -0.05) is 0 Å². The molecule has 0 spiro atoms. The summed E-state index contributed by atoms with van der Waals surface area (Å²) in [6.45, 7) is 2.66. The summed E-state index contributed by atoms with van der Waals surface area (Å²) in [5.41, 5.74) is 1.99. The molecule has 0 atom stereocenters. The Hall–Kier alpha value is 0.390. The number of hydrogen-bond acceptors (Lipinski definition) is 2. The number of aromatic amines is 1. The monoisotopic (exact) mass is 499 g/mol. The average molecular weight is 501 g/mol. The van der Waals surface area contributed by atoms with Crippen LogP contribution >= 0.6 is 0 Å². The smallest absolute Gasteiger partial charge is 1.00 e. The maximum Gasteiger partial charge on any atom is 3.00 e. The van der Waals surface area contributed by atoms with Gasteiger partial charge in [-0.15, -0.1) is 0 Å². The van der Waals surface area contributed by atoms with Crippen LogP contribution in [-0.4, -0.2) is 16.6 Å². The molecule has 2 aromatic rings. The molecule has 0 saturated heterocycles. The van der Waals surface area contributed by atoms with Crippen molar-refractivity contribution >= 4 is 11.0 Å². The minimum atomic E-state index is 0. The zero-order valence-electron chi connectivity index (χ0n) is 8.69. The molecule has 1 heterocycles. The Labute approximate surface area is 141 Å². The molecule has 17 heavy (non-hydrogen) atoms. The van der Waals surface area contributed by atoms with E-state index in [1.165, 1.54) is 0 Å². The normalized spacial score (nSPS) is 7.35. The molecule has 0 fully saturated rings. The van der Waals surface area contributed by atoms with Gasteiger partial charge in [-0.2, -0.15) is 0 Å². The van der Waals surface area contributed by atoms with Crippen LogP contribution in [0.1, 0.15) is 6.92 Å². The fraction of sp³-hybridized carbons (Fsp3) is 0.222. The molecular weight excluding hydrogens is 491 g/mol. The van der Waals surface area contributed by atoms with Gasteiger partial charge in [0.05, 0.1) is 24.0 Å². The predicted molar refractivity (Wildman–Crippen MR) is 47.3 cm³/mol. The average Bonchev–Trinajstić information content (AvgIpc) is 2.51. The van der Waals surface area contributed by atoms with E-state index in [0.717, 1.165) is 16.8 Å².